The average molecular weight is 261 g/mol. The molecule has 3 rings (SSSR count). The van der Waals surface area contributed by atoms with Crippen LogP contribution in [0, 0.1) is 0 Å². The van der Waals surface area contributed by atoms with E-state index in [1.54, 1.807) is 6.20 Å². The summed E-state index contributed by atoms with van der Waals surface area (Å²) in [4.78, 5) is 16.6. The zero-order chi connectivity index (χ0) is 13.1. The SMILES string of the molecule is O=c1c(NC2CCCCCCC2)nccn1C1CC1. The first kappa shape index (κ1) is 12.7. The van der Waals surface area contributed by atoms with Crippen molar-refractivity contribution in [2.75, 3.05) is 5.32 Å². The van der Waals surface area contributed by atoms with Crippen LogP contribution in [0.3, 0.4) is 0 Å². The Labute approximate surface area is 114 Å². The standard InChI is InChI=1S/C15H23N3O/c19-15-14(16-10-11-18(15)13-8-9-13)17-12-6-4-2-1-3-5-7-12/h10-13H,1-9H2,(H,16,17). The molecule has 0 spiro atoms. The highest BCUT2D eigenvalue weighted by Crippen LogP contribution is 2.33. The molecule has 0 aliphatic heterocycles. The monoisotopic (exact) mass is 261 g/mol. The summed E-state index contributed by atoms with van der Waals surface area (Å²) in [6.07, 6.45) is 14.7. The summed E-state index contributed by atoms with van der Waals surface area (Å²) in [5.41, 5.74) is 0.0621. The van der Waals surface area contributed by atoms with Crippen LogP contribution in [-0.2, 0) is 0 Å². The highest BCUT2D eigenvalue weighted by molar-refractivity contribution is 5.32. The van der Waals surface area contributed by atoms with E-state index >= 15 is 0 Å². The Bertz CT molecular complexity index is 471. The molecule has 0 unspecified atom stereocenters. The van der Waals surface area contributed by atoms with Gasteiger partial charge in [-0.05, 0) is 25.7 Å². The van der Waals surface area contributed by atoms with E-state index in [1.165, 1.54) is 44.9 Å². The molecule has 1 N–H and O–H groups in total. The molecule has 1 aromatic rings. The third-order valence-corrected chi connectivity index (χ3v) is 4.25. The molecule has 2 fully saturated rings. The molecule has 1 heterocycles. The Morgan fingerprint density at radius 2 is 1.74 bits per heavy atom. The van der Waals surface area contributed by atoms with Crippen molar-refractivity contribution < 1.29 is 0 Å². The van der Waals surface area contributed by atoms with Gasteiger partial charge in [-0.3, -0.25) is 4.79 Å². The van der Waals surface area contributed by atoms with Gasteiger partial charge in [0.05, 0.1) is 0 Å². The second kappa shape index (κ2) is 5.76. The fourth-order valence-corrected chi connectivity index (χ4v) is 2.96. The van der Waals surface area contributed by atoms with Gasteiger partial charge in [0.25, 0.3) is 5.56 Å². The Morgan fingerprint density at radius 3 is 2.42 bits per heavy atom. The first-order valence-electron chi connectivity index (χ1n) is 7.68. The van der Waals surface area contributed by atoms with Gasteiger partial charge in [-0.2, -0.15) is 0 Å². The quantitative estimate of drug-likeness (QED) is 0.909. The number of nitrogens with zero attached hydrogens (tertiary/aromatic N) is 2. The molecule has 0 atom stereocenters. The number of aromatic nitrogens is 2. The molecule has 2 aliphatic rings. The molecule has 1 aromatic heterocycles. The number of anilines is 1. The minimum absolute atomic E-state index is 0.0621. The largest absolute Gasteiger partial charge is 0.363 e. The molecule has 0 radical (unpaired) electrons. The molecule has 2 aliphatic carbocycles. The third-order valence-electron chi connectivity index (χ3n) is 4.25. The van der Waals surface area contributed by atoms with Crippen LogP contribution in [0.2, 0.25) is 0 Å². The van der Waals surface area contributed by atoms with Crippen molar-refractivity contribution in [1.82, 2.24) is 9.55 Å². The van der Waals surface area contributed by atoms with Crippen LogP contribution in [0.4, 0.5) is 5.82 Å². The minimum atomic E-state index is 0.0621. The van der Waals surface area contributed by atoms with Crippen molar-refractivity contribution in [3.63, 3.8) is 0 Å². The van der Waals surface area contributed by atoms with Crippen molar-refractivity contribution in [2.24, 2.45) is 0 Å². The zero-order valence-corrected chi connectivity index (χ0v) is 11.5. The van der Waals surface area contributed by atoms with E-state index in [9.17, 15) is 4.79 Å². The first-order valence-corrected chi connectivity index (χ1v) is 7.68. The van der Waals surface area contributed by atoms with Gasteiger partial charge in [-0.15, -0.1) is 0 Å². The van der Waals surface area contributed by atoms with Gasteiger partial charge in [-0.1, -0.05) is 32.1 Å². The summed E-state index contributed by atoms with van der Waals surface area (Å²) in [5, 5.41) is 3.40. The Hall–Kier alpha value is -1.32. The van der Waals surface area contributed by atoms with Crippen molar-refractivity contribution in [2.45, 2.75) is 69.9 Å². The van der Waals surface area contributed by atoms with Gasteiger partial charge >= 0.3 is 0 Å². The average Bonchev–Trinajstić information content (AvgIpc) is 3.19. The van der Waals surface area contributed by atoms with Crippen LogP contribution >= 0.6 is 0 Å². The fraction of sp³-hybridized carbons (Fsp3) is 0.733. The van der Waals surface area contributed by atoms with E-state index in [4.69, 9.17) is 0 Å². The number of nitrogens with one attached hydrogen (secondary N) is 1. The minimum Gasteiger partial charge on any atom is -0.363 e. The summed E-state index contributed by atoms with van der Waals surface area (Å²) in [7, 11) is 0. The van der Waals surface area contributed by atoms with E-state index in [1.807, 2.05) is 10.8 Å². The number of hydrogen-bond donors (Lipinski definition) is 1. The number of rotatable bonds is 3. The van der Waals surface area contributed by atoms with Gasteiger partial charge in [0.1, 0.15) is 0 Å². The predicted molar refractivity (Wildman–Crippen MR) is 76.5 cm³/mol. The third kappa shape index (κ3) is 3.17. The first-order chi connectivity index (χ1) is 9.34. The van der Waals surface area contributed by atoms with Crippen molar-refractivity contribution in [3.8, 4) is 0 Å². The normalized spacial score (nSPS) is 21.7. The molecule has 4 nitrogen and oxygen atoms in total. The van der Waals surface area contributed by atoms with Gasteiger partial charge in [0, 0.05) is 24.5 Å². The molecular weight excluding hydrogens is 238 g/mol. The topological polar surface area (TPSA) is 46.9 Å². The van der Waals surface area contributed by atoms with Gasteiger partial charge in [0.2, 0.25) is 0 Å². The summed E-state index contributed by atoms with van der Waals surface area (Å²) >= 11 is 0. The maximum atomic E-state index is 12.3. The molecule has 0 amide bonds. The highest BCUT2D eigenvalue weighted by Gasteiger charge is 2.25. The summed E-state index contributed by atoms with van der Waals surface area (Å²) < 4.78 is 1.85. The Morgan fingerprint density at radius 1 is 1.05 bits per heavy atom. The summed E-state index contributed by atoms with van der Waals surface area (Å²) in [6, 6.07) is 0.851. The summed E-state index contributed by atoms with van der Waals surface area (Å²) in [5.74, 6) is 0.556. The fourth-order valence-electron chi connectivity index (χ4n) is 2.96. The highest BCUT2D eigenvalue weighted by atomic mass is 16.1. The van der Waals surface area contributed by atoms with Crippen LogP contribution in [0.5, 0.6) is 0 Å². The second-order valence-electron chi connectivity index (χ2n) is 5.91. The molecule has 0 aromatic carbocycles. The van der Waals surface area contributed by atoms with E-state index in [-0.39, 0.29) is 5.56 Å². The lowest BCUT2D eigenvalue weighted by Gasteiger charge is -2.21. The predicted octanol–water partition coefficient (Wildman–Crippen LogP) is 3.10. The van der Waals surface area contributed by atoms with Gasteiger partial charge in [-0.25, -0.2) is 4.98 Å². The molecule has 0 saturated heterocycles. The Balaban J connectivity index is 1.71. The van der Waals surface area contributed by atoms with Crippen molar-refractivity contribution in [1.29, 1.82) is 0 Å². The van der Waals surface area contributed by atoms with Crippen molar-refractivity contribution >= 4 is 5.82 Å². The van der Waals surface area contributed by atoms with E-state index < -0.39 is 0 Å². The molecule has 4 heteroatoms. The molecule has 0 bridgehead atoms. The van der Waals surface area contributed by atoms with E-state index in [0.29, 0.717) is 17.9 Å². The second-order valence-corrected chi connectivity index (χ2v) is 5.91. The number of hydrogen-bond acceptors (Lipinski definition) is 3. The smallest absolute Gasteiger partial charge is 0.293 e. The lowest BCUT2D eigenvalue weighted by atomic mass is 9.97. The molecular formula is C15H23N3O. The Kier molecular flexibility index (Phi) is 3.85. The van der Waals surface area contributed by atoms with Gasteiger partial charge in [0.15, 0.2) is 5.82 Å². The van der Waals surface area contributed by atoms with Crippen LogP contribution in [0.15, 0.2) is 17.2 Å². The zero-order valence-electron chi connectivity index (χ0n) is 11.5. The van der Waals surface area contributed by atoms with Crippen LogP contribution in [0.25, 0.3) is 0 Å². The summed E-state index contributed by atoms with van der Waals surface area (Å²) in [6.45, 7) is 0. The van der Waals surface area contributed by atoms with E-state index in [0.717, 1.165) is 12.8 Å². The maximum absolute atomic E-state index is 12.3. The maximum Gasteiger partial charge on any atom is 0.293 e. The van der Waals surface area contributed by atoms with Crippen LogP contribution in [-0.4, -0.2) is 15.6 Å². The molecule has 104 valence electrons. The lowest BCUT2D eigenvalue weighted by molar-refractivity contribution is 0.470. The van der Waals surface area contributed by atoms with Crippen LogP contribution < -0.4 is 10.9 Å². The molecule has 2 saturated carbocycles. The lowest BCUT2D eigenvalue weighted by Crippen LogP contribution is -2.29. The van der Waals surface area contributed by atoms with E-state index in [2.05, 4.69) is 10.3 Å². The van der Waals surface area contributed by atoms with Crippen molar-refractivity contribution in [3.05, 3.63) is 22.7 Å². The molecule has 19 heavy (non-hydrogen) atoms. The van der Waals surface area contributed by atoms with Crippen LogP contribution in [0.1, 0.15) is 63.8 Å². The van der Waals surface area contributed by atoms with Gasteiger partial charge < -0.3 is 9.88 Å².